The molecule has 25 heavy (non-hydrogen) atoms. The number of benzene rings is 1. The lowest BCUT2D eigenvalue weighted by atomic mass is 9.64. The summed E-state index contributed by atoms with van der Waals surface area (Å²) in [5.74, 6) is -0.345. The molecule has 1 amide bonds. The van der Waals surface area contributed by atoms with E-state index in [-0.39, 0.29) is 18.5 Å². The number of hydrogen-bond donors (Lipinski definition) is 0. The molecule has 1 aromatic carbocycles. The average molecular weight is 364 g/mol. The van der Waals surface area contributed by atoms with Crippen molar-refractivity contribution in [3.63, 3.8) is 0 Å². The van der Waals surface area contributed by atoms with Crippen molar-refractivity contribution in [2.45, 2.75) is 56.8 Å². The third-order valence-corrected chi connectivity index (χ3v) is 5.78. The van der Waals surface area contributed by atoms with Gasteiger partial charge in [-0.15, -0.1) is 0 Å². The summed E-state index contributed by atoms with van der Waals surface area (Å²) >= 11 is 5.95. The number of nitrogens with zero attached hydrogens (tertiary/aromatic N) is 1. The SMILES string of the molecule is O=C(COC(=O)C1(c2ccc(Cl)cc2)CCC1)N1CCCCCCC1. The van der Waals surface area contributed by atoms with Crippen LogP contribution in [0, 0.1) is 0 Å². The highest BCUT2D eigenvalue weighted by molar-refractivity contribution is 6.30. The van der Waals surface area contributed by atoms with E-state index in [9.17, 15) is 9.59 Å². The molecule has 1 heterocycles. The van der Waals surface area contributed by atoms with E-state index < -0.39 is 5.41 Å². The van der Waals surface area contributed by atoms with Gasteiger partial charge in [-0.1, -0.05) is 49.4 Å². The molecule has 5 heteroatoms. The molecule has 0 bridgehead atoms. The van der Waals surface area contributed by atoms with Crippen molar-refractivity contribution in [2.24, 2.45) is 0 Å². The maximum absolute atomic E-state index is 12.7. The predicted molar refractivity (Wildman–Crippen MR) is 97.6 cm³/mol. The number of carbonyl (C=O) groups is 2. The van der Waals surface area contributed by atoms with Gasteiger partial charge in [-0.3, -0.25) is 9.59 Å². The van der Waals surface area contributed by atoms with E-state index in [4.69, 9.17) is 16.3 Å². The summed E-state index contributed by atoms with van der Waals surface area (Å²) in [5.41, 5.74) is 0.341. The highest BCUT2D eigenvalue weighted by Crippen LogP contribution is 2.45. The zero-order valence-corrected chi connectivity index (χ0v) is 15.4. The van der Waals surface area contributed by atoms with Gasteiger partial charge in [-0.2, -0.15) is 0 Å². The van der Waals surface area contributed by atoms with Crippen molar-refractivity contribution < 1.29 is 14.3 Å². The van der Waals surface area contributed by atoms with Gasteiger partial charge < -0.3 is 9.64 Å². The van der Waals surface area contributed by atoms with Crippen LogP contribution in [0.3, 0.4) is 0 Å². The van der Waals surface area contributed by atoms with Crippen LogP contribution in [-0.2, 0) is 19.7 Å². The molecule has 1 aliphatic heterocycles. The summed E-state index contributed by atoms with van der Waals surface area (Å²) < 4.78 is 5.46. The Morgan fingerprint density at radius 1 is 0.960 bits per heavy atom. The minimum Gasteiger partial charge on any atom is -0.455 e. The highest BCUT2D eigenvalue weighted by Gasteiger charge is 2.47. The molecular weight excluding hydrogens is 338 g/mol. The second-order valence-electron chi connectivity index (χ2n) is 7.17. The van der Waals surface area contributed by atoms with E-state index in [1.165, 1.54) is 19.3 Å². The minimum atomic E-state index is -0.596. The number of esters is 1. The molecule has 0 unspecified atom stereocenters. The van der Waals surface area contributed by atoms with Gasteiger partial charge in [0, 0.05) is 18.1 Å². The Hall–Kier alpha value is -1.55. The molecule has 0 aromatic heterocycles. The van der Waals surface area contributed by atoms with Gasteiger partial charge in [0.05, 0.1) is 5.41 Å². The molecule has 2 fully saturated rings. The van der Waals surface area contributed by atoms with E-state index in [0.29, 0.717) is 5.02 Å². The monoisotopic (exact) mass is 363 g/mol. The van der Waals surface area contributed by atoms with Gasteiger partial charge in [0.2, 0.25) is 0 Å². The van der Waals surface area contributed by atoms with E-state index >= 15 is 0 Å². The number of hydrogen-bond acceptors (Lipinski definition) is 3. The number of likely N-dealkylation sites (tertiary alicyclic amines) is 1. The molecule has 4 nitrogen and oxygen atoms in total. The number of ether oxygens (including phenoxy) is 1. The van der Waals surface area contributed by atoms with Gasteiger partial charge in [0.15, 0.2) is 6.61 Å². The smallest absolute Gasteiger partial charge is 0.317 e. The topological polar surface area (TPSA) is 46.6 Å². The van der Waals surface area contributed by atoms with E-state index in [0.717, 1.165) is 50.8 Å². The summed E-state index contributed by atoms with van der Waals surface area (Å²) in [7, 11) is 0. The fourth-order valence-corrected chi connectivity index (χ4v) is 3.89. The summed E-state index contributed by atoms with van der Waals surface area (Å²) in [4.78, 5) is 27.0. The van der Waals surface area contributed by atoms with Crippen molar-refractivity contribution in [2.75, 3.05) is 19.7 Å². The van der Waals surface area contributed by atoms with Gasteiger partial charge in [0.25, 0.3) is 5.91 Å². The third kappa shape index (κ3) is 4.17. The van der Waals surface area contributed by atoms with Crippen LogP contribution >= 0.6 is 11.6 Å². The number of amides is 1. The summed E-state index contributed by atoms with van der Waals surface area (Å²) in [5, 5.41) is 0.652. The first-order valence-corrected chi connectivity index (χ1v) is 9.71. The standard InChI is InChI=1S/C20H26ClNO3/c21-17-9-7-16(8-10-17)20(11-6-12-20)19(24)25-15-18(23)22-13-4-2-1-3-5-14-22/h7-10H,1-6,11-15H2. The van der Waals surface area contributed by atoms with E-state index in [1.54, 1.807) is 12.1 Å². The normalized spacial score (nSPS) is 20.1. The summed E-state index contributed by atoms with van der Waals surface area (Å²) in [6.45, 7) is 1.41. The van der Waals surface area contributed by atoms with Crippen LogP contribution < -0.4 is 0 Å². The lowest BCUT2D eigenvalue weighted by Gasteiger charge is -2.39. The van der Waals surface area contributed by atoms with Crippen molar-refractivity contribution in [3.8, 4) is 0 Å². The third-order valence-electron chi connectivity index (χ3n) is 5.53. The molecule has 1 aliphatic carbocycles. The highest BCUT2D eigenvalue weighted by atomic mass is 35.5. The Labute approximate surface area is 154 Å². The first-order valence-electron chi connectivity index (χ1n) is 9.33. The first-order chi connectivity index (χ1) is 12.1. The number of halogens is 1. The van der Waals surface area contributed by atoms with Gasteiger partial charge in [-0.25, -0.2) is 0 Å². The maximum atomic E-state index is 12.7. The zero-order chi connectivity index (χ0) is 17.7. The molecular formula is C20H26ClNO3. The molecule has 1 saturated carbocycles. The van der Waals surface area contributed by atoms with Crippen LogP contribution in [-0.4, -0.2) is 36.5 Å². The lowest BCUT2D eigenvalue weighted by Crippen LogP contribution is -2.45. The Kier molecular flexibility index (Phi) is 6.00. The molecule has 1 aromatic rings. The summed E-state index contributed by atoms with van der Waals surface area (Å²) in [6, 6.07) is 7.39. The minimum absolute atomic E-state index is 0.0687. The Morgan fingerprint density at radius 2 is 1.56 bits per heavy atom. The van der Waals surface area contributed by atoms with Crippen LogP contribution in [0.25, 0.3) is 0 Å². The molecule has 0 spiro atoms. The van der Waals surface area contributed by atoms with Crippen LogP contribution in [0.1, 0.15) is 56.9 Å². The predicted octanol–water partition coefficient (Wildman–Crippen LogP) is 4.10. The van der Waals surface area contributed by atoms with Crippen LogP contribution in [0.4, 0.5) is 0 Å². The molecule has 136 valence electrons. The lowest BCUT2D eigenvalue weighted by molar-refractivity contribution is -0.160. The molecule has 3 rings (SSSR count). The molecule has 1 saturated heterocycles. The molecule has 0 atom stereocenters. The fraction of sp³-hybridized carbons (Fsp3) is 0.600. The Morgan fingerprint density at radius 3 is 2.12 bits per heavy atom. The largest absolute Gasteiger partial charge is 0.455 e. The van der Waals surface area contributed by atoms with Gasteiger partial charge in [0.1, 0.15) is 0 Å². The van der Waals surface area contributed by atoms with Crippen molar-refractivity contribution in [3.05, 3.63) is 34.9 Å². The fourth-order valence-electron chi connectivity index (χ4n) is 3.76. The zero-order valence-electron chi connectivity index (χ0n) is 14.6. The quantitative estimate of drug-likeness (QED) is 0.756. The Bertz CT molecular complexity index is 602. The van der Waals surface area contributed by atoms with Crippen LogP contribution in [0.2, 0.25) is 5.02 Å². The molecule has 0 radical (unpaired) electrons. The van der Waals surface area contributed by atoms with Crippen molar-refractivity contribution >= 4 is 23.5 Å². The Balaban J connectivity index is 1.58. The van der Waals surface area contributed by atoms with Crippen molar-refractivity contribution in [1.82, 2.24) is 4.90 Å². The van der Waals surface area contributed by atoms with E-state index in [2.05, 4.69) is 0 Å². The van der Waals surface area contributed by atoms with Crippen LogP contribution in [0.5, 0.6) is 0 Å². The number of carbonyl (C=O) groups excluding carboxylic acids is 2. The van der Waals surface area contributed by atoms with Crippen molar-refractivity contribution in [1.29, 1.82) is 0 Å². The van der Waals surface area contributed by atoms with Gasteiger partial charge >= 0.3 is 5.97 Å². The number of rotatable bonds is 4. The van der Waals surface area contributed by atoms with Gasteiger partial charge in [-0.05, 0) is 43.4 Å². The molecule has 0 N–H and O–H groups in total. The second kappa shape index (κ2) is 8.22. The molecule has 2 aliphatic rings. The van der Waals surface area contributed by atoms with E-state index in [1.807, 2.05) is 17.0 Å². The average Bonchev–Trinajstić information content (AvgIpc) is 2.53. The first kappa shape index (κ1) is 18.2. The van der Waals surface area contributed by atoms with Crippen LogP contribution in [0.15, 0.2) is 24.3 Å². The second-order valence-corrected chi connectivity index (χ2v) is 7.60. The summed E-state index contributed by atoms with van der Waals surface area (Å²) in [6.07, 6.45) is 8.20. The maximum Gasteiger partial charge on any atom is 0.317 e.